The number of hydrogen-bond donors (Lipinski definition) is 1. The summed E-state index contributed by atoms with van der Waals surface area (Å²) in [7, 11) is 1.64. The summed E-state index contributed by atoms with van der Waals surface area (Å²) in [6.07, 6.45) is 3.28. The second-order valence-electron chi connectivity index (χ2n) is 5.58. The van der Waals surface area contributed by atoms with E-state index in [1.165, 1.54) is 0 Å². The van der Waals surface area contributed by atoms with Crippen molar-refractivity contribution < 1.29 is 14.6 Å². The van der Waals surface area contributed by atoms with Crippen molar-refractivity contribution in [2.45, 2.75) is 44.7 Å². The lowest BCUT2D eigenvalue weighted by Crippen LogP contribution is -2.49. The highest BCUT2D eigenvalue weighted by Gasteiger charge is 2.46. The van der Waals surface area contributed by atoms with Crippen LogP contribution in [-0.2, 0) is 11.3 Å². The average Bonchev–Trinajstić information content (AvgIpc) is 2.84. The SMILES string of the molecule is CCCC1(C(=O)O)CCCN1Cc1ccc(OC)c(Br)c1. The van der Waals surface area contributed by atoms with Crippen molar-refractivity contribution in [3.8, 4) is 5.75 Å². The molecule has 4 nitrogen and oxygen atoms in total. The average molecular weight is 356 g/mol. The van der Waals surface area contributed by atoms with Crippen molar-refractivity contribution in [3.63, 3.8) is 0 Å². The molecule has 0 amide bonds. The minimum atomic E-state index is -0.693. The Bertz CT molecular complexity index is 520. The molecule has 0 aliphatic carbocycles. The summed E-state index contributed by atoms with van der Waals surface area (Å²) >= 11 is 3.49. The molecule has 0 aromatic heterocycles. The first-order chi connectivity index (χ1) is 10.0. The van der Waals surface area contributed by atoms with Gasteiger partial charge in [0.25, 0.3) is 0 Å². The largest absolute Gasteiger partial charge is 0.496 e. The molecule has 0 saturated carbocycles. The highest BCUT2D eigenvalue weighted by atomic mass is 79.9. The van der Waals surface area contributed by atoms with E-state index in [1.54, 1.807) is 7.11 Å². The topological polar surface area (TPSA) is 49.8 Å². The molecule has 1 unspecified atom stereocenters. The molecule has 1 atom stereocenters. The van der Waals surface area contributed by atoms with Gasteiger partial charge in [0.1, 0.15) is 11.3 Å². The van der Waals surface area contributed by atoms with Crippen LogP contribution in [0.4, 0.5) is 0 Å². The number of methoxy groups -OCH3 is 1. The molecule has 21 heavy (non-hydrogen) atoms. The zero-order valence-electron chi connectivity index (χ0n) is 12.6. The number of ether oxygens (including phenoxy) is 1. The lowest BCUT2D eigenvalue weighted by atomic mass is 9.90. The molecular weight excluding hydrogens is 334 g/mol. The smallest absolute Gasteiger partial charge is 0.324 e. The fourth-order valence-electron chi connectivity index (χ4n) is 3.24. The molecule has 0 bridgehead atoms. The summed E-state index contributed by atoms with van der Waals surface area (Å²) in [5.74, 6) is 0.104. The molecule has 1 saturated heterocycles. The van der Waals surface area contributed by atoms with Crippen molar-refractivity contribution in [3.05, 3.63) is 28.2 Å². The summed E-state index contributed by atoms with van der Waals surface area (Å²) in [6.45, 7) is 3.55. The minimum Gasteiger partial charge on any atom is -0.496 e. The predicted molar refractivity (Wildman–Crippen MR) is 85.6 cm³/mol. The van der Waals surface area contributed by atoms with Crippen LogP contribution in [0.15, 0.2) is 22.7 Å². The summed E-state index contributed by atoms with van der Waals surface area (Å²) in [5.41, 5.74) is 0.410. The molecule has 1 fully saturated rings. The maximum Gasteiger partial charge on any atom is 0.324 e. The van der Waals surface area contributed by atoms with E-state index in [-0.39, 0.29) is 0 Å². The number of halogens is 1. The Hall–Kier alpha value is -1.07. The van der Waals surface area contributed by atoms with Crippen molar-refractivity contribution in [2.24, 2.45) is 0 Å². The van der Waals surface area contributed by atoms with Gasteiger partial charge in [-0.3, -0.25) is 9.69 Å². The normalized spacial score (nSPS) is 22.4. The lowest BCUT2D eigenvalue weighted by Gasteiger charge is -2.34. The lowest BCUT2D eigenvalue weighted by molar-refractivity contribution is -0.150. The fourth-order valence-corrected chi connectivity index (χ4v) is 3.83. The van der Waals surface area contributed by atoms with Crippen molar-refractivity contribution in [2.75, 3.05) is 13.7 Å². The van der Waals surface area contributed by atoms with Crippen LogP contribution >= 0.6 is 15.9 Å². The van der Waals surface area contributed by atoms with Gasteiger partial charge in [-0.05, 0) is 59.4 Å². The Morgan fingerprint density at radius 1 is 1.52 bits per heavy atom. The van der Waals surface area contributed by atoms with Crippen LogP contribution in [0.1, 0.15) is 38.2 Å². The Morgan fingerprint density at radius 3 is 2.86 bits per heavy atom. The van der Waals surface area contributed by atoms with Gasteiger partial charge in [-0.1, -0.05) is 19.4 Å². The van der Waals surface area contributed by atoms with E-state index < -0.39 is 11.5 Å². The molecule has 1 aromatic carbocycles. The third-order valence-corrected chi connectivity index (χ3v) is 4.89. The number of hydrogen-bond acceptors (Lipinski definition) is 3. The number of carbonyl (C=O) groups is 1. The molecule has 1 aromatic rings. The Kier molecular flexibility index (Phi) is 5.27. The van der Waals surface area contributed by atoms with E-state index in [1.807, 2.05) is 25.1 Å². The van der Waals surface area contributed by atoms with Gasteiger partial charge < -0.3 is 9.84 Å². The Balaban J connectivity index is 2.21. The van der Waals surface area contributed by atoms with E-state index in [0.29, 0.717) is 13.0 Å². The minimum absolute atomic E-state index is 0.662. The molecule has 2 rings (SSSR count). The first-order valence-corrected chi connectivity index (χ1v) is 8.13. The maximum atomic E-state index is 11.8. The second kappa shape index (κ2) is 6.79. The number of rotatable bonds is 6. The quantitative estimate of drug-likeness (QED) is 0.845. The van der Waals surface area contributed by atoms with Crippen LogP contribution < -0.4 is 4.74 Å². The molecule has 116 valence electrons. The van der Waals surface area contributed by atoms with Crippen LogP contribution in [0.3, 0.4) is 0 Å². The summed E-state index contributed by atoms with van der Waals surface area (Å²) in [6, 6.07) is 5.92. The van der Waals surface area contributed by atoms with Crippen molar-refractivity contribution in [1.82, 2.24) is 4.90 Å². The van der Waals surface area contributed by atoms with Gasteiger partial charge >= 0.3 is 5.97 Å². The van der Waals surface area contributed by atoms with Crippen LogP contribution in [0.5, 0.6) is 5.75 Å². The monoisotopic (exact) mass is 355 g/mol. The van der Waals surface area contributed by atoms with E-state index >= 15 is 0 Å². The first kappa shape index (κ1) is 16.3. The summed E-state index contributed by atoms with van der Waals surface area (Å²) in [4.78, 5) is 13.9. The number of aliphatic carboxylic acids is 1. The zero-order chi connectivity index (χ0) is 15.5. The van der Waals surface area contributed by atoms with Gasteiger partial charge in [-0.15, -0.1) is 0 Å². The number of nitrogens with zero attached hydrogens (tertiary/aromatic N) is 1. The zero-order valence-corrected chi connectivity index (χ0v) is 14.1. The fraction of sp³-hybridized carbons (Fsp3) is 0.562. The number of carboxylic acids is 1. The van der Waals surface area contributed by atoms with Gasteiger partial charge in [0.15, 0.2) is 0 Å². The molecule has 1 N–H and O–H groups in total. The Labute approximate surface area is 134 Å². The summed E-state index contributed by atoms with van der Waals surface area (Å²) in [5, 5.41) is 9.71. The molecule has 0 radical (unpaired) electrons. The van der Waals surface area contributed by atoms with Gasteiger partial charge in [0, 0.05) is 6.54 Å². The van der Waals surface area contributed by atoms with Gasteiger partial charge in [0.2, 0.25) is 0 Å². The summed E-state index contributed by atoms with van der Waals surface area (Å²) < 4.78 is 6.13. The van der Waals surface area contributed by atoms with E-state index in [0.717, 1.165) is 41.6 Å². The highest BCUT2D eigenvalue weighted by Crippen LogP contribution is 2.36. The third-order valence-electron chi connectivity index (χ3n) is 4.28. The van der Waals surface area contributed by atoms with Crippen LogP contribution in [0.2, 0.25) is 0 Å². The standard InChI is InChI=1S/C16H22BrNO3/c1-3-7-16(15(19)20)8-4-9-18(16)11-12-5-6-14(21-2)13(17)10-12/h5-6,10H,3-4,7-9,11H2,1-2H3,(H,19,20). The van der Waals surface area contributed by atoms with Crippen molar-refractivity contribution >= 4 is 21.9 Å². The third kappa shape index (κ3) is 3.24. The van der Waals surface area contributed by atoms with Crippen molar-refractivity contribution in [1.29, 1.82) is 0 Å². The van der Waals surface area contributed by atoms with Gasteiger partial charge in [-0.2, -0.15) is 0 Å². The van der Waals surface area contributed by atoms with E-state index in [2.05, 4.69) is 20.8 Å². The Morgan fingerprint density at radius 2 is 2.29 bits per heavy atom. The number of carboxylic acid groups (broad SMARTS) is 1. The first-order valence-electron chi connectivity index (χ1n) is 7.34. The number of benzene rings is 1. The van der Waals surface area contributed by atoms with Crippen LogP contribution in [0.25, 0.3) is 0 Å². The molecule has 5 heteroatoms. The number of likely N-dealkylation sites (tertiary alicyclic amines) is 1. The molecule has 0 spiro atoms. The predicted octanol–water partition coefficient (Wildman–Crippen LogP) is 3.68. The second-order valence-corrected chi connectivity index (χ2v) is 6.44. The van der Waals surface area contributed by atoms with Gasteiger partial charge in [-0.25, -0.2) is 0 Å². The molecule has 1 heterocycles. The molecule has 1 aliphatic rings. The van der Waals surface area contributed by atoms with Gasteiger partial charge in [0.05, 0.1) is 11.6 Å². The highest BCUT2D eigenvalue weighted by molar-refractivity contribution is 9.10. The molecular formula is C16H22BrNO3. The van der Waals surface area contributed by atoms with Crippen LogP contribution in [0, 0.1) is 0 Å². The van der Waals surface area contributed by atoms with E-state index in [9.17, 15) is 9.90 Å². The maximum absolute atomic E-state index is 11.8. The van der Waals surface area contributed by atoms with E-state index in [4.69, 9.17) is 4.74 Å². The van der Waals surface area contributed by atoms with Crippen LogP contribution in [-0.4, -0.2) is 35.2 Å². The molecule has 1 aliphatic heterocycles.